The summed E-state index contributed by atoms with van der Waals surface area (Å²) in [5.41, 5.74) is 3.60. The molecule has 134 valence electrons. The molecule has 0 aliphatic rings. The summed E-state index contributed by atoms with van der Waals surface area (Å²) in [6, 6.07) is 14.1. The SMILES string of the molecule is CCC(=O)N(Cc1ccc(F)cc1)Cc1cc2cccc(C)c2nc1Cl. The van der Waals surface area contributed by atoms with E-state index in [9.17, 15) is 9.18 Å². The molecule has 3 rings (SSSR count). The Morgan fingerprint density at radius 3 is 2.58 bits per heavy atom. The van der Waals surface area contributed by atoms with Gasteiger partial charge in [0.05, 0.1) is 5.52 Å². The van der Waals surface area contributed by atoms with Crippen molar-refractivity contribution in [2.45, 2.75) is 33.4 Å². The first-order valence-corrected chi connectivity index (χ1v) is 8.92. The Balaban J connectivity index is 1.91. The molecule has 1 amide bonds. The van der Waals surface area contributed by atoms with Crippen LogP contribution in [0.4, 0.5) is 4.39 Å². The highest BCUT2D eigenvalue weighted by Gasteiger charge is 2.16. The predicted octanol–water partition coefficient (Wildman–Crippen LogP) is 5.27. The van der Waals surface area contributed by atoms with Crippen molar-refractivity contribution in [3.63, 3.8) is 0 Å². The average molecular weight is 371 g/mol. The van der Waals surface area contributed by atoms with Crippen molar-refractivity contribution >= 4 is 28.4 Å². The summed E-state index contributed by atoms with van der Waals surface area (Å²) in [4.78, 5) is 18.6. The Kier molecular flexibility index (Phi) is 5.52. The van der Waals surface area contributed by atoms with E-state index in [0.717, 1.165) is 27.6 Å². The number of aromatic nitrogens is 1. The van der Waals surface area contributed by atoms with Crippen LogP contribution in [0.15, 0.2) is 48.5 Å². The van der Waals surface area contributed by atoms with E-state index < -0.39 is 0 Å². The molecular formula is C21H20ClFN2O. The number of hydrogen-bond acceptors (Lipinski definition) is 2. The normalized spacial score (nSPS) is 10.9. The van der Waals surface area contributed by atoms with E-state index in [2.05, 4.69) is 4.98 Å². The molecule has 1 heterocycles. The van der Waals surface area contributed by atoms with E-state index in [0.29, 0.717) is 24.7 Å². The number of fused-ring (bicyclic) bond motifs is 1. The van der Waals surface area contributed by atoms with E-state index in [-0.39, 0.29) is 11.7 Å². The number of halogens is 2. The minimum Gasteiger partial charge on any atom is -0.334 e. The van der Waals surface area contributed by atoms with Gasteiger partial charge in [-0.15, -0.1) is 0 Å². The minimum atomic E-state index is -0.292. The van der Waals surface area contributed by atoms with Crippen LogP contribution in [-0.4, -0.2) is 15.8 Å². The fraction of sp³-hybridized carbons (Fsp3) is 0.238. The van der Waals surface area contributed by atoms with Gasteiger partial charge in [-0.25, -0.2) is 9.37 Å². The van der Waals surface area contributed by atoms with Gasteiger partial charge in [-0.05, 0) is 36.2 Å². The van der Waals surface area contributed by atoms with Crippen molar-refractivity contribution in [2.75, 3.05) is 0 Å². The number of aryl methyl sites for hydroxylation is 1. The molecule has 2 aromatic carbocycles. The Morgan fingerprint density at radius 2 is 1.88 bits per heavy atom. The van der Waals surface area contributed by atoms with Crippen LogP contribution in [0.1, 0.15) is 30.0 Å². The van der Waals surface area contributed by atoms with E-state index in [4.69, 9.17) is 11.6 Å². The number of pyridine rings is 1. The van der Waals surface area contributed by atoms with Crippen LogP contribution in [0.25, 0.3) is 10.9 Å². The molecule has 0 fully saturated rings. The summed E-state index contributed by atoms with van der Waals surface area (Å²) in [5, 5.41) is 1.40. The van der Waals surface area contributed by atoms with Crippen LogP contribution in [0.5, 0.6) is 0 Å². The molecule has 0 aliphatic carbocycles. The average Bonchev–Trinajstić information content (AvgIpc) is 2.63. The highest BCUT2D eigenvalue weighted by atomic mass is 35.5. The number of carbonyl (C=O) groups is 1. The number of benzene rings is 2. The van der Waals surface area contributed by atoms with Crippen LogP contribution >= 0.6 is 11.6 Å². The molecule has 0 aliphatic heterocycles. The molecule has 0 atom stereocenters. The molecule has 0 unspecified atom stereocenters. The van der Waals surface area contributed by atoms with Gasteiger partial charge in [0, 0.05) is 30.5 Å². The standard InChI is InChI=1S/C21H20ClFN2O/c1-3-19(26)25(12-15-7-9-18(23)10-8-15)13-17-11-16-6-4-5-14(2)20(16)24-21(17)22/h4-11H,3,12-13H2,1-2H3. The molecule has 0 N–H and O–H groups in total. The maximum atomic E-state index is 13.1. The minimum absolute atomic E-state index is 0.00901. The zero-order valence-electron chi connectivity index (χ0n) is 14.8. The van der Waals surface area contributed by atoms with Gasteiger partial charge in [0.15, 0.2) is 0 Å². The molecule has 0 radical (unpaired) electrons. The maximum Gasteiger partial charge on any atom is 0.222 e. The van der Waals surface area contributed by atoms with Crippen molar-refractivity contribution < 1.29 is 9.18 Å². The van der Waals surface area contributed by atoms with Crippen LogP contribution < -0.4 is 0 Å². The first kappa shape index (κ1) is 18.3. The summed E-state index contributed by atoms with van der Waals surface area (Å²) in [7, 11) is 0. The molecule has 26 heavy (non-hydrogen) atoms. The molecular weight excluding hydrogens is 351 g/mol. The molecule has 5 heteroatoms. The number of rotatable bonds is 5. The smallest absolute Gasteiger partial charge is 0.222 e. The van der Waals surface area contributed by atoms with Crippen molar-refractivity contribution in [1.29, 1.82) is 0 Å². The monoisotopic (exact) mass is 370 g/mol. The van der Waals surface area contributed by atoms with Gasteiger partial charge in [-0.2, -0.15) is 0 Å². The third-order valence-corrected chi connectivity index (χ3v) is 4.70. The van der Waals surface area contributed by atoms with Gasteiger partial charge in [0.2, 0.25) is 5.91 Å². The van der Waals surface area contributed by atoms with Gasteiger partial charge in [-0.1, -0.05) is 48.9 Å². The molecule has 3 aromatic rings. The highest BCUT2D eigenvalue weighted by Crippen LogP contribution is 2.25. The lowest BCUT2D eigenvalue weighted by atomic mass is 10.1. The van der Waals surface area contributed by atoms with Crippen molar-refractivity contribution in [3.8, 4) is 0 Å². The molecule has 0 saturated heterocycles. The summed E-state index contributed by atoms with van der Waals surface area (Å²) >= 11 is 6.39. The van der Waals surface area contributed by atoms with Crippen LogP contribution in [-0.2, 0) is 17.9 Å². The summed E-state index contributed by atoms with van der Waals surface area (Å²) in [6.45, 7) is 4.57. The zero-order valence-corrected chi connectivity index (χ0v) is 15.6. The first-order chi connectivity index (χ1) is 12.5. The largest absolute Gasteiger partial charge is 0.334 e. The quantitative estimate of drug-likeness (QED) is 0.573. The second-order valence-electron chi connectivity index (χ2n) is 6.31. The second-order valence-corrected chi connectivity index (χ2v) is 6.67. The fourth-order valence-electron chi connectivity index (χ4n) is 2.95. The number of para-hydroxylation sites is 1. The molecule has 0 bridgehead atoms. The van der Waals surface area contributed by atoms with Gasteiger partial charge >= 0.3 is 0 Å². The Hall–Kier alpha value is -2.46. The van der Waals surface area contributed by atoms with Crippen LogP contribution in [0.3, 0.4) is 0 Å². The maximum absolute atomic E-state index is 13.1. The van der Waals surface area contributed by atoms with Gasteiger partial charge in [-0.3, -0.25) is 4.79 Å². The molecule has 0 saturated carbocycles. The van der Waals surface area contributed by atoms with E-state index >= 15 is 0 Å². The van der Waals surface area contributed by atoms with Gasteiger partial charge in [0.1, 0.15) is 11.0 Å². The zero-order chi connectivity index (χ0) is 18.7. The summed E-state index contributed by atoms with van der Waals surface area (Å²) < 4.78 is 13.1. The van der Waals surface area contributed by atoms with E-state index in [1.165, 1.54) is 12.1 Å². The summed E-state index contributed by atoms with van der Waals surface area (Å²) in [6.07, 6.45) is 0.388. The summed E-state index contributed by atoms with van der Waals surface area (Å²) in [5.74, 6) is -0.283. The van der Waals surface area contributed by atoms with Crippen molar-refractivity contribution in [3.05, 3.63) is 76.2 Å². The van der Waals surface area contributed by atoms with Crippen molar-refractivity contribution in [1.82, 2.24) is 9.88 Å². The lowest BCUT2D eigenvalue weighted by Crippen LogP contribution is -2.29. The predicted molar refractivity (Wildman–Crippen MR) is 102 cm³/mol. The Bertz CT molecular complexity index is 941. The fourth-order valence-corrected chi connectivity index (χ4v) is 3.15. The van der Waals surface area contributed by atoms with Crippen LogP contribution in [0, 0.1) is 12.7 Å². The highest BCUT2D eigenvalue weighted by molar-refractivity contribution is 6.30. The molecule has 1 aromatic heterocycles. The lowest BCUT2D eigenvalue weighted by molar-refractivity contribution is -0.132. The molecule has 0 spiro atoms. The number of nitrogens with zero attached hydrogens (tertiary/aromatic N) is 2. The number of carbonyl (C=O) groups excluding carboxylic acids is 1. The third kappa shape index (κ3) is 4.02. The van der Waals surface area contributed by atoms with Gasteiger partial charge in [0.25, 0.3) is 0 Å². The first-order valence-electron chi connectivity index (χ1n) is 8.55. The van der Waals surface area contributed by atoms with Gasteiger partial charge < -0.3 is 4.90 Å². The van der Waals surface area contributed by atoms with Crippen molar-refractivity contribution in [2.24, 2.45) is 0 Å². The lowest BCUT2D eigenvalue weighted by Gasteiger charge is -2.23. The number of amides is 1. The second kappa shape index (κ2) is 7.83. The number of hydrogen-bond donors (Lipinski definition) is 0. The van der Waals surface area contributed by atoms with E-state index in [1.807, 2.05) is 38.1 Å². The third-order valence-electron chi connectivity index (χ3n) is 4.38. The Labute approximate surface area is 157 Å². The van der Waals surface area contributed by atoms with E-state index in [1.54, 1.807) is 17.0 Å². The van der Waals surface area contributed by atoms with Crippen LogP contribution in [0.2, 0.25) is 5.15 Å². The molecule has 3 nitrogen and oxygen atoms in total. The topological polar surface area (TPSA) is 33.2 Å². The Morgan fingerprint density at radius 1 is 1.15 bits per heavy atom.